The fraction of sp³-hybridized carbons (Fsp3) is 0.476. The molecule has 1 aromatic rings. The SMILES string of the molecule is C=CCC1(C(=O)O)C(C)NC(C)C(CCC#N)(C(=O)O)C1c1cccc(Cl)c1. The van der Waals surface area contributed by atoms with Crippen molar-refractivity contribution in [1.29, 1.82) is 5.26 Å². The van der Waals surface area contributed by atoms with Crippen molar-refractivity contribution in [3.05, 3.63) is 47.5 Å². The number of allylic oxidation sites excluding steroid dienone is 1. The van der Waals surface area contributed by atoms with Gasteiger partial charge >= 0.3 is 11.9 Å². The predicted octanol–water partition coefficient (Wildman–Crippen LogP) is 3.83. The molecule has 28 heavy (non-hydrogen) atoms. The monoisotopic (exact) mass is 404 g/mol. The van der Waals surface area contributed by atoms with Crippen LogP contribution in [0.4, 0.5) is 0 Å². The average Bonchev–Trinajstić information content (AvgIpc) is 2.62. The summed E-state index contributed by atoms with van der Waals surface area (Å²) in [5, 5.41) is 33.4. The number of carboxylic acid groups (broad SMARTS) is 2. The molecule has 0 radical (unpaired) electrons. The molecule has 1 fully saturated rings. The highest BCUT2D eigenvalue weighted by molar-refractivity contribution is 6.30. The van der Waals surface area contributed by atoms with E-state index in [9.17, 15) is 19.8 Å². The molecular formula is C21H25ClN2O4. The number of halogens is 1. The molecule has 0 aromatic heterocycles. The van der Waals surface area contributed by atoms with Gasteiger partial charge in [-0.25, -0.2) is 0 Å². The molecule has 150 valence electrons. The minimum atomic E-state index is -1.51. The minimum Gasteiger partial charge on any atom is -0.481 e. The third-order valence-electron chi connectivity index (χ3n) is 6.19. The molecule has 1 aromatic carbocycles. The van der Waals surface area contributed by atoms with Crippen LogP contribution in [0.1, 0.15) is 44.6 Å². The van der Waals surface area contributed by atoms with Gasteiger partial charge in [0.1, 0.15) is 0 Å². The van der Waals surface area contributed by atoms with E-state index in [0.717, 1.165) is 0 Å². The Morgan fingerprint density at radius 1 is 1.29 bits per heavy atom. The summed E-state index contributed by atoms with van der Waals surface area (Å²) in [7, 11) is 0. The summed E-state index contributed by atoms with van der Waals surface area (Å²) in [5.74, 6) is -3.15. The first-order valence-corrected chi connectivity index (χ1v) is 9.52. The number of aliphatic carboxylic acids is 2. The predicted molar refractivity (Wildman–Crippen MR) is 106 cm³/mol. The third-order valence-corrected chi connectivity index (χ3v) is 6.42. The Bertz CT molecular complexity index is 821. The zero-order chi connectivity index (χ0) is 21.1. The summed E-state index contributed by atoms with van der Waals surface area (Å²) in [4.78, 5) is 25.3. The third kappa shape index (κ3) is 3.30. The summed E-state index contributed by atoms with van der Waals surface area (Å²) in [6.45, 7) is 7.21. The Hall–Kier alpha value is -2.36. The van der Waals surface area contributed by atoms with E-state index in [0.29, 0.717) is 10.6 Å². The largest absolute Gasteiger partial charge is 0.481 e. The molecule has 1 heterocycles. The number of rotatable bonds is 7. The highest BCUT2D eigenvalue weighted by Crippen LogP contribution is 2.59. The number of nitriles is 1. The lowest BCUT2D eigenvalue weighted by Gasteiger charge is -2.57. The number of carbonyl (C=O) groups is 2. The van der Waals surface area contributed by atoms with Crippen molar-refractivity contribution in [2.24, 2.45) is 10.8 Å². The molecule has 1 saturated heterocycles. The van der Waals surface area contributed by atoms with Crippen LogP contribution in [0.25, 0.3) is 0 Å². The Morgan fingerprint density at radius 2 is 1.89 bits per heavy atom. The maximum atomic E-state index is 12.7. The van der Waals surface area contributed by atoms with Crippen LogP contribution in [0, 0.1) is 22.2 Å². The second-order valence-corrected chi connectivity index (χ2v) is 7.88. The second-order valence-electron chi connectivity index (χ2n) is 7.44. The molecule has 7 heteroatoms. The van der Waals surface area contributed by atoms with Gasteiger partial charge in [-0.3, -0.25) is 9.59 Å². The minimum absolute atomic E-state index is 0.00639. The van der Waals surface area contributed by atoms with E-state index in [1.165, 1.54) is 6.08 Å². The zero-order valence-electron chi connectivity index (χ0n) is 16.0. The Kier molecular flexibility index (Phi) is 6.53. The van der Waals surface area contributed by atoms with Crippen LogP contribution in [0.15, 0.2) is 36.9 Å². The van der Waals surface area contributed by atoms with Gasteiger partial charge in [0.05, 0.1) is 16.9 Å². The lowest BCUT2D eigenvalue weighted by Crippen LogP contribution is -2.69. The molecule has 0 aliphatic carbocycles. The highest BCUT2D eigenvalue weighted by atomic mass is 35.5. The summed E-state index contributed by atoms with van der Waals surface area (Å²) in [6.07, 6.45) is 1.59. The van der Waals surface area contributed by atoms with Crippen molar-refractivity contribution < 1.29 is 19.8 Å². The van der Waals surface area contributed by atoms with E-state index < -0.39 is 40.8 Å². The number of benzene rings is 1. The van der Waals surface area contributed by atoms with E-state index in [4.69, 9.17) is 16.9 Å². The standard InChI is InChI=1S/C21H25ClN2O4/c1-4-9-20(18(25)26)13(2)24-14(3)21(19(27)28,10-6-11-23)17(20)15-7-5-8-16(22)12-15/h4-5,7-8,12-14,17,24H,1,6,9-10H2,2-3H3,(H,25,26)(H,27,28). The van der Waals surface area contributed by atoms with Crippen molar-refractivity contribution in [1.82, 2.24) is 5.32 Å². The van der Waals surface area contributed by atoms with Crippen molar-refractivity contribution >= 4 is 23.5 Å². The van der Waals surface area contributed by atoms with Crippen molar-refractivity contribution in [3.63, 3.8) is 0 Å². The summed E-state index contributed by atoms with van der Waals surface area (Å²) in [5.41, 5.74) is -2.43. The second kappa shape index (κ2) is 8.34. The van der Waals surface area contributed by atoms with Crippen LogP contribution < -0.4 is 5.32 Å². The Balaban J connectivity index is 2.91. The maximum absolute atomic E-state index is 12.7. The van der Waals surface area contributed by atoms with E-state index in [-0.39, 0.29) is 19.3 Å². The van der Waals surface area contributed by atoms with Crippen LogP contribution in [0.5, 0.6) is 0 Å². The molecule has 0 spiro atoms. The van der Waals surface area contributed by atoms with Gasteiger partial charge in [-0.15, -0.1) is 6.58 Å². The van der Waals surface area contributed by atoms with E-state index >= 15 is 0 Å². The average molecular weight is 405 g/mol. The van der Waals surface area contributed by atoms with E-state index in [1.54, 1.807) is 38.1 Å². The number of hydrogen-bond acceptors (Lipinski definition) is 4. The number of nitrogens with zero attached hydrogens (tertiary/aromatic N) is 1. The van der Waals surface area contributed by atoms with Crippen molar-refractivity contribution in [3.8, 4) is 6.07 Å². The maximum Gasteiger partial charge on any atom is 0.312 e. The molecule has 1 aliphatic heterocycles. The number of nitrogens with one attached hydrogen (secondary N) is 1. The Labute approximate surface area is 169 Å². The summed E-state index contributed by atoms with van der Waals surface area (Å²) >= 11 is 6.18. The lowest BCUT2D eigenvalue weighted by atomic mass is 9.49. The molecule has 1 aliphatic rings. The lowest BCUT2D eigenvalue weighted by molar-refractivity contribution is -0.172. The van der Waals surface area contributed by atoms with Gasteiger partial charge < -0.3 is 15.5 Å². The quantitative estimate of drug-likeness (QED) is 0.595. The first-order chi connectivity index (χ1) is 13.2. The van der Waals surface area contributed by atoms with Gasteiger partial charge in [0.25, 0.3) is 0 Å². The molecule has 3 N–H and O–H groups in total. The molecule has 0 bridgehead atoms. The van der Waals surface area contributed by atoms with Gasteiger partial charge in [0.2, 0.25) is 0 Å². The van der Waals surface area contributed by atoms with Gasteiger partial charge in [-0.1, -0.05) is 29.8 Å². The van der Waals surface area contributed by atoms with Crippen LogP contribution in [-0.2, 0) is 9.59 Å². The first kappa shape index (κ1) is 21.9. The molecular weight excluding hydrogens is 380 g/mol. The number of piperidine rings is 1. The van der Waals surface area contributed by atoms with Gasteiger partial charge in [-0.2, -0.15) is 5.26 Å². The van der Waals surface area contributed by atoms with Crippen molar-refractivity contribution in [2.45, 2.75) is 51.1 Å². The molecule has 2 rings (SSSR count). The van der Waals surface area contributed by atoms with Crippen molar-refractivity contribution in [2.75, 3.05) is 0 Å². The summed E-state index contributed by atoms with van der Waals surface area (Å²) in [6, 6.07) is 7.61. The fourth-order valence-electron chi connectivity index (χ4n) is 4.88. The zero-order valence-corrected chi connectivity index (χ0v) is 16.7. The first-order valence-electron chi connectivity index (χ1n) is 9.14. The van der Waals surface area contributed by atoms with E-state index in [2.05, 4.69) is 11.9 Å². The molecule has 0 saturated carbocycles. The highest BCUT2D eigenvalue weighted by Gasteiger charge is 2.66. The van der Waals surface area contributed by atoms with Crippen LogP contribution >= 0.6 is 11.6 Å². The molecule has 0 amide bonds. The Morgan fingerprint density at radius 3 is 2.39 bits per heavy atom. The molecule has 5 unspecified atom stereocenters. The topological polar surface area (TPSA) is 110 Å². The smallest absolute Gasteiger partial charge is 0.312 e. The number of hydrogen-bond donors (Lipinski definition) is 3. The molecule has 6 nitrogen and oxygen atoms in total. The van der Waals surface area contributed by atoms with E-state index in [1.807, 2.05) is 6.07 Å². The van der Waals surface area contributed by atoms with Gasteiger partial charge in [0, 0.05) is 29.4 Å². The van der Waals surface area contributed by atoms with Crippen LogP contribution in [0.3, 0.4) is 0 Å². The van der Waals surface area contributed by atoms with Crippen LogP contribution in [0.2, 0.25) is 5.02 Å². The normalized spacial score (nSPS) is 32.3. The van der Waals surface area contributed by atoms with Crippen LogP contribution in [-0.4, -0.2) is 34.2 Å². The van der Waals surface area contributed by atoms with Gasteiger partial charge in [-0.05, 0) is 44.4 Å². The van der Waals surface area contributed by atoms with Gasteiger partial charge in [0.15, 0.2) is 0 Å². The number of carboxylic acids is 2. The summed E-state index contributed by atoms with van der Waals surface area (Å²) < 4.78 is 0. The molecule has 5 atom stereocenters. The fourth-order valence-corrected chi connectivity index (χ4v) is 5.08.